The molecule has 5 nitrogen and oxygen atoms in total. The fraction of sp³-hybridized carbons (Fsp3) is 0.263. The van der Waals surface area contributed by atoms with Crippen molar-refractivity contribution < 1.29 is 9.59 Å². The van der Waals surface area contributed by atoms with E-state index in [0.29, 0.717) is 22.5 Å². The maximum absolute atomic E-state index is 12.3. The van der Waals surface area contributed by atoms with Gasteiger partial charge in [-0.05, 0) is 62.7 Å². The summed E-state index contributed by atoms with van der Waals surface area (Å²) in [5.41, 5.74) is 7.25. The molecule has 0 saturated heterocycles. The smallest absolute Gasteiger partial charge is 0.255 e. The molecule has 0 saturated carbocycles. The van der Waals surface area contributed by atoms with E-state index >= 15 is 0 Å². The Morgan fingerprint density at radius 3 is 2.28 bits per heavy atom. The lowest BCUT2D eigenvalue weighted by Gasteiger charge is -2.24. The second kappa shape index (κ2) is 7.57. The quantitative estimate of drug-likeness (QED) is 0.703. The van der Waals surface area contributed by atoms with E-state index in [0.717, 1.165) is 6.42 Å². The molecule has 2 aromatic rings. The molecule has 0 aromatic heterocycles. The number of carbonyl (C=O) groups is 2. The second-order valence-electron chi connectivity index (χ2n) is 6.46. The van der Waals surface area contributed by atoms with Crippen LogP contribution in [-0.4, -0.2) is 17.4 Å². The highest BCUT2D eigenvalue weighted by atomic mass is 35.5. The van der Waals surface area contributed by atoms with Gasteiger partial charge in [-0.15, -0.1) is 0 Å². The molecule has 132 valence electrons. The molecular weight excluding hydrogens is 338 g/mol. The van der Waals surface area contributed by atoms with E-state index in [9.17, 15) is 9.59 Å². The van der Waals surface area contributed by atoms with Crippen LogP contribution in [0.2, 0.25) is 5.02 Å². The highest BCUT2D eigenvalue weighted by Crippen LogP contribution is 2.22. The number of nitrogens with one attached hydrogen (secondary N) is 2. The van der Waals surface area contributed by atoms with Gasteiger partial charge in [-0.25, -0.2) is 0 Å². The zero-order valence-electron chi connectivity index (χ0n) is 14.5. The van der Waals surface area contributed by atoms with Crippen LogP contribution in [0.4, 0.5) is 11.4 Å². The Balaban J connectivity index is 2.12. The Labute approximate surface area is 152 Å². The van der Waals surface area contributed by atoms with Crippen LogP contribution in [0.25, 0.3) is 0 Å². The van der Waals surface area contributed by atoms with E-state index in [2.05, 4.69) is 10.6 Å². The zero-order chi connectivity index (χ0) is 18.6. The molecule has 0 aliphatic carbocycles. The summed E-state index contributed by atoms with van der Waals surface area (Å²) in [6, 6.07) is 11.4. The van der Waals surface area contributed by atoms with E-state index in [1.54, 1.807) is 42.5 Å². The topological polar surface area (TPSA) is 84.2 Å². The van der Waals surface area contributed by atoms with Gasteiger partial charge in [0.1, 0.15) is 0 Å². The molecule has 6 heteroatoms. The third-order valence-electron chi connectivity index (χ3n) is 3.98. The monoisotopic (exact) mass is 359 g/mol. The van der Waals surface area contributed by atoms with E-state index in [4.69, 9.17) is 17.3 Å². The van der Waals surface area contributed by atoms with Gasteiger partial charge in [-0.1, -0.05) is 18.5 Å². The first-order chi connectivity index (χ1) is 11.7. The van der Waals surface area contributed by atoms with Crippen LogP contribution >= 0.6 is 11.6 Å². The Morgan fingerprint density at radius 2 is 1.72 bits per heavy atom. The van der Waals surface area contributed by atoms with Crippen LogP contribution in [0.15, 0.2) is 42.5 Å². The van der Waals surface area contributed by atoms with Crippen LogP contribution < -0.4 is 16.4 Å². The van der Waals surface area contributed by atoms with E-state index in [-0.39, 0.29) is 22.4 Å². The molecule has 2 amide bonds. The zero-order valence-corrected chi connectivity index (χ0v) is 15.3. The predicted octanol–water partition coefficient (Wildman–Crippen LogP) is 4.09. The number of benzene rings is 2. The molecule has 0 atom stereocenters. The van der Waals surface area contributed by atoms with Gasteiger partial charge in [0.25, 0.3) is 11.8 Å². The first kappa shape index (κ1) is 18.8. The van der Waals surface area contributed by atoms with E-state index in [1.165, 1.54) is 0 Å². The molecule has 4 N–H and O–H groups in total. The fourth-order valence-electron chi connectivity index (χ4n) is 2.08. The van der Waals surface area contributed by atoms with Crippen molar-refractivity contribution in [2.75, 3.05) is 11.1 Å². The molecule has 0 aliphatic rings. The number of nitrogens with two attached hydrogens (primary N) is 1. The van der Waals surface area contributed by atoms with E-state index in [1.807, 2.05) is 20.8 Å². The fourth-order valence-corrected chi connectivity index (χ4v) is 2.34. The average Bonchev–Trinajstić information content (AvgIpc) is 2.55. The summed E-state index contributed by atoms with van der Waals surface area (Å²) in [5, 5.41) is 5.96. The molecule has 2 aromatic carbocycles. The van der Waals surface area contributed by atoms with Crippen LogP contribution in [-0.2, 0) is 0 Å². The summed E-state index contributed by atoms with van der Waals surface area (Å²) in [5.74, 6) is -0.520. The Morgan fingerprint density at radius 1 is 1.08 bits per heavy atom. The summed E-state index contributed by atoms with van der Waals surface area (Å²) < 4.78 is 0. The van der Waals surface area contributed by atoms with Crippen molar-refractivity contribution in [3.8, 4) is 0 Å². The van der Waals surface area contributed by atoms with Crippen molar-refractivity contribution in [3.05, 3.63) is 58.6 Å². The van der Waals surface area contributed by atoms with Crippen LogP contribution in [0.3, 0.4) is 0 Å². The lowest BCUT2D eigenvalue weighted by Crippen LogP contribution is -2.42. The van der Waals surface area contributed by atoms with Gasteiger partial charge in [0.05, 0.1) is 10.6 Å². The summed E-state index contributed by atoms with van der Waals surface area (Å²) in [6.45, 7) is 5.89. The number of amides is 2. The minimum atomic E-state index is -0.317. The third kappa shape index (κ3) is 4.97. The van der Waals surface area contributed by atoms with Gasteiger partial charge in [-0.2, -0.15) is 0 Å². The lowest BCUT2D eigenvalue weighted by atomic mass is 10.0. The Hall–Kier alpha value is -2.53. The molecule has 0 aliphatic heterocycles. The van der Waals surface area contributed by atoms with Crippen LogP contribution in [0, 0.1) is 0 Å². The first-order valence-electron chi connectivity index (χ1n) is 8.01. The molecule has 0 spiro atoms. The Bertz CT molecular complexity index is 786. The van der Waals surface area contributed by atoms with Crippen molar-refractivity contribution in [1.29, 1.82) is 0 Å². The molecule has 0 fully saturated rings. The van der Waals surface area contributed by atoms with Gasteiger partial charge in [-0.3, -0.25) is 9.59 Å². The molecule has 2 rings (SSSR count). The standard InChI is InChI=1S/C19H22ClN3O2/c1-4-19(2,3)23-18(25)15-10-9-14(11-16(15)20)22-17(24)12-5-7-13(21)8-6-12/h5-11H,4,21H2,1-3H3,(H,22,24)(H,23,25). The molecule has 25 heavy (non-hydrogen) atoms. The van der Waals surface area contributed by atoms with Crippen molar-refractivity contribution in [1.82, 2.24) is 5.32 Å². The maximum atomic E-state index is 12.3. The van der Waals surface area contributed by atoms with Gasteiger partial charge in [0.15, 0.2) is 0 Å². The third-order valence-corrected chi connectivity index (χ3v) is 4.29. The first-order valence-corrected chi connectivity index (χ1v) is 8.38. The number of hydrogen-bond acceptors (Lipinski definition) is 3. The largest absolute Gasteiger partial charge is 0.399 e. The average molecular weight is 360 g/mol. The van der Waals surface area contributed by atoms with Gasteiger partial charge in [0, 0.05) is 22.5 Å². The van der Waals surface area contributed by atoms with E-state index < -0.39 is 0 Å². The molecule has 0 unspecified atom stereocenters. The lowest BCUT2D eigenvalue weighted by molar-refractivity contribution is 0.0911. The summed E-state index contributed by atoms with van der Waals surface area (Å²) in [7, 11) is 0. The highest BCUT2D eigenvalue weighted by molar-refractivity contribution is 6.34. The second-order valence-corrected chi connectivity index (χ2v) is 6.87. The highest BCUT2D eigenvalue weighted by Gasteiger charge is 2.20. The SMILES string of the molecule is CCC(C)(C)NC(=O)c1ccc(NC(=O)c2ccc(N)cc2)cc1Cl. The molecule has 0 heterocycles. The molecule has 0 bridgehead atoms. The van der Waals surface area contributed by atoms with Gasteiger partial charge in [0.2, 0.25) is 0 Å². The number of carbonyl (C=O) groups excluding carboxylic acids is 2. The number of nitrogen functional groups attached to an aromatic ring is 1. The number of hydrogen-bond donors (Lipinski definition) is 3. The minimum Gasteiger partial charge on any atom is -0.399 e. The molecular formula is C19H22ClN3O2. The van der Waals surface area contributed by atoms with Crippen molar-refractivity contribution >= 4 is 34.8 Å². The number of rotatable bonds is 5. The van der Waals surface area contributed by atoms with Gasteiger partial charge < -0.3 is 16.4 Å². The van der Waals surface area contributed by atoms with Crippen LogP contribution in [0.5, 0.6) is 0 Å². The predicted molar refractivity (Wildman–Crippen MR) is 102 cm³/mol. The minimum absolute atomic E-state index is 0.242. The number of anilines is 2. The molecule has 0 radical (unpaired) electrons. The summed E-state index contributed by atoms with van der Waals surface area (Å²) in [6.07, 6.45) is 0.798. The summed E-state index contributed by atoms with van der Waals surface area (Å²) >= 11 is 6.22. The normalized spacial score (nSPS) is 11.0. The van der Waals surface area contributed by atoms with Crippen molar-refractivity contribution in [2.45, 2.75) is 32.7 Å². The maximum Gasteiger partial charge on any atom is 0.255 e. The Kier molecular flexibility index (Phi) is 5.69. The van der Waals surface area contributed by atoms with Gasteiger partial charge >= 0.3 is 0 Å². The van der Waals surface area contributed by atoms with Crippen molar-refractivity contribution in [3.63, 3.8) is 0 Å². The van der Waals surface area contributed by atoms with Crippen LogP contribution in [0.1, 0.15) is 47.9 Å². The summed E-state index contributed by atoms with van der Waals surface area (Å²) in [4.78, 5) is 24.5. The number of halogens is 1. The van der Waals surface area contributed by atoms with Crippen molar-refractivity contribution in [2.24, 2.45) is 0 Å².